The normalized spacial score (nSPS) is 12.1. The SMILES string of the molecule is CC(NC(=O)CSCCc1ccccc1)c1cn[nH]c1. The monoisotopic (exact) mass is 289 g/mol. The number of thioether (sulfide) groups is 1. The highest BCUT2D eigenvalue weighted by Gasteiger charge is 2.10. The molecule has 5 heteroatoms. The van der Waals surface area contributed by atoms with Gasteiger partial charge in [-0.2, -0.15) is 16.9 Å². The van der Waals surface area contributed by atoms with Gasteiger partial charge in [-0.05, 0) is 24.7 Å². The summed E-state index contributed by atoms with van der Waals surface area (Å²) in [6.45, 7) is 1.96. The number of hydrogen-bond acceptors (Lipinski definition) is 3. The number of nitrogens with one attached hydrogen (secondary N) is 2. The minimum atomic E-state index is -0.00373. The quantitative estimate of drug-likeness (QED) is 0.770. The molecule has 0 aliphatic heterocycles. The first-order chi connectivity index (χ1) is 9.75. The molecule has 2 rings (SSSR count). The van der Waals surface area contributed by atoms with E-state index in [9.17, 15) is 4.79 Å². The molecule has 0 radical (unpaired) electrons. The van der Waals surface area contributed by atoms with Crippen molar-refractivity contribution in [2.75, 3.05) is 11.5 Å². The number of nitrogens with zero attached hydrogens (tertiary/aromatic N) is 1. The first kappa shape index (κ1) is 14.7. The average molecular weight is 289 g/mol. The first-order valence-electron chi connectivity index (χ1n) is 6.65. The Balaban J connectivity index is 1.63. The zero-order valence-electron chi connectivity index (χ0n) is 11.5. The number of hydrogen-bond donors (Lipinski definition) is 2. The maximum absolute atomic E-state index is 11.8. The number of amides is 1. The number of rotatable bonds is 7. The van der Waals surface area contributed by atoms with E-state index < -0.39 is 0 Å². The lowest BCUT2D eigenvalue weighted by Crippen LogP contribution is -2.28. The maximum atomic E-state index is 11.8. The van der Waals surface area contributed by atoms with Crippen molar-refractivity contribution in [2.45, 2.75) is 19.4 Å². The molecule has 1 aromatic heterocycles. The number of H-pyrrole nitrogens is 1. The summed E-state index contributed by atoms with van der Waals surface area (Å²) in [5, 5.41) is 9.59. The highest BCUT2D eigenvalue weighted by molar-refractivity contribution is 7.99. The standard InChI is InChI=1S/C15H19N3OS/c1-12(14-9-16-17-10-14)18-15(19)11-20-8-7-13-5-3-2-4-6-13/h2-6,9-10,12H,7-8,11H2,1H3,(H,16,17)(H,18,19). The molecule has 0 fully saturated rings. The predicted octanol–water partition coefficient (Wildman–Crippen LogP) is 2.56. The lowest BCUT2D eigenvalue weighted by Gasteiger charge is -2.11. The third-order valence-corrected chi connectivity index (χ3v) is 3.97. The highest BCUT2D eigenvalue weighted by Crippen LogP contribution is 2.10. The Bertz CT molecular complexity index is 513. The van der Waals surface area contributed by atoms with E-state index in [1.165, 1.54) is 5.56 Å². The Morgan fingerprint density at radius 1 is 1.40 bits per heavy atom. The topological polar surface area (TPSA) is 57.8 Å². The van der Waals surface area contributed by atoms with Gasteiger partial charge in [-0.1, -0.05) is 30.3 Å². The van der Waals surface area contributed by atoms with Crippen LogP contribution in [-0.4, -0.2) is 27.6 Å². The summed E-state index contributed by atoms with van der Waals surface area (Å²) in [5.74, 6) is 1.52. The Morgan fingerprint density at radius 3 is 2.90 bits per heavy atom. The zero-order valence-corrected chi connectivity index (χ0v) is 12.3. The molecule has 2 aromatic rings. The van der Waals surface area contributed by atoms with Gasteiger partial charge in [-0.3, -0.25) is 9.89 Å². The molecular weight excluding hydrogens is 270 g/mol. The summed E-state index contributed by atoms with van der Waals surface area (Å²) in [6.07, 6.45) is 4.52. The summed E-state index contributed by atoms with van der Waals surface area (Å²) >= 11 is 1.66. The van der Waals surface area contributed by atoms with Gasteiger partial charge in [-0.25, -0.2) is 0 Å². The van der Waals surface area contributed by atoms with Gasteiger partial charge < -0.3 is 5.32 Å². The van der Waals surface area contributed by atoms with Crippen LogP contribution in [0.15, 0.2) is 42.7 Å². The molecule has 0 saturated heterocycles. The van der Waals surface area contributed by atoms with E-state index in [1.54, 1.807) is 24.2 Å². The van der Waals surface area contributed by atoms with Crippen molar-refractivity contribution >= 4 is 17.7 Å². The zero-order chi connectivity index (χ0) is 14.2. The third-order valence-electron chi connectivity index (χ3n) is 3.01. The Hall–Kier alpha value is -1.75. The summed E-state index contributed by atoms with van der Waals surface area (Å²) in [4.78, 5) is 11.8. The molecule has 0 bridgehead atoms. The van der Waals surface area contributed by atoms with Crippen molar-refractivity contribution in [2.24, 2.45) is 0 Å². The number of carbonyl (C=O) groups excluding carboxylic acids is 1. The van der Waals surface area contributed by atoms with Crippen molar-refractivity contribution in [3.63, 3.8) is 0 Å². The molecular formula is C15H19N3OS. The van der Waals surface area contributed by atoms with Gasteiger partial charge in [-0.15, -0.1) is 0 Å². The van der Waals surface area contributed by atoms with E-state index >= 15 is 0 Å². The summed E-state index contributed by atoms with van der Waals surface area (Å²) < 4.78 is 0. The van der Waals surface area contributed by atoms with Crippen LogP contribution in [-0.2, 0) is 11.2 Å². The van der Waals surface area contributed by atoms with Crippen LogP contribution < -0.4 is 5.32 Å². The third kappa shape index (κ3) is 4.74. The minimum absolute atomic E-state index is 0.00373. The number of aryl methyl sites for hydroxylation is 1. The van der Waals surface area contributed by atoms with Crippen LogP contribution in [0, 0.1) is 0 Å². The molecule has 1 aromatic carbocycles. The van der Waals surface area contributed by atoms with Crippen molar-refractivity contribution < 1.29 is 4.79 Å². The van der Waals surface area contributed by atoms with Crippen molar-refractivity contribution in [1.29, 1.82) is 0 Å². The molecule has 1 amide bonds. The summed E-state index contributed by atoms with van der Waals surface area (Å²) in [7, 11) is 0. The van der Waals surface area contributed by atoms with Crippen LogP contribution in [0.1, 0.15) is 24.1 Å². The second-order valence-electron chi connectivity index (χ2n) is 4.61. The highest BCUT2D eigenvalue weighted by atomic mass is 32.2. The number of benzene rings is 1. The van der Waals surface area contributed by atoms with Crippen molar-refractivity contribution in [3.8, 4) is 0 Å². The van der Waals surface area contributed by atoms with E-state index in [-0.39, 0.29) is 11.9 Å². The van der Waals surface area contributed by atoms with Gasteiger partial charge in [0.1, 0.15) is 0 Å². The second kappa shape index (κ2) is 7.75. The van der Waals surface area contributed by atoms with E-state index in [4.69, 9.17) is 0 Å². The van der Waals surface area contributed by atoms with Crippen LogP contribution in [0.5, 0.6) is 0 Å². The van der Waals surface area contributed by atoms with Gasteiger partial charge in [0, 0.05) is 11.8 Å². The molecule has 4 nitrogen and oxygen atoms in total. The fourth-order valence-corrected chi connectivity index (χ4v) is 2.66. The largest absolute Gasteiger partial charge is 0.349 e. The molecule has 1 atom stereocenters. The van der Waals surface area contributed by atoms with Crippen LogP contribution in [0.4, 0.5) is 0 Å². The summed E-state index contributed by atoms with van der Waals surface area (Å²) in [6, 6.07) is 10.3. The second-order valence-corrected chi connectivity index (χ2v) is 5.71. The van der Waals surface area contributed by atoms with E-state index in [1.807, 2.05) is 25.1 Å². The smallest absolute Gasteiger partial charge is 0.230 e. The van der Waals surface area contributed by atoms with Crippen molar-refractivity contribution in [3.05, 3.63) is 53.9 Å². The number of carbonyl (C=O) groups is 1. The molecule has 2 N–H and O–H groups in total. The Morgan fingerprint density at radius 2 is 2.20 bits per heavy atom. The van der Waals surface area contributed by atoms with Crippen LogP contribution in [0.3, 0.4) is 0 Å². The van der Waals surface area contributed by atoms with E-state index in [2.05, 4.69) is 27.6 Å². The van der Waals surface area contributed by atoms with Gasteiger partial charge in [0.25, 0.3) is 0 Å². The molecule has 1 heterocycles. The Kier molecular flexibility index (Phi) is 5.68. The van der Waals surface area contributed by atoms with Gasteiger partial charge in [0.2, 0.25) is 5.91 Å². The van der Waals surface area contributed by atoms with E-state index in [0.717, 1.165) is 17.7 Å². The van der Waals surface area contributed by atoms with Gasteiger partial charge in [0.05, 0.1) is 18.0 Å². The summed E-state index contributed by atoms with van der Waals surface area (Å²) in [5.41, 5.74) is 2.31. The molecule has 0 aliphatic carbocycles. The lowest BCUT2D eigenvalue weighted by molar-refractivity contribution is -0.119. The number of aromatic nitrogens is 2. The molecule has 106 valence electrons. The minimum Gasteiger partial charge on any atom is -0.349 e. The molecule has 1 unspecified atom stereocenters. The molecule has 0 aliphatic rings. The predicted molar refractivity (Wildman–Crippen MR) is 82.6 cm³/mol. The van der Waals surface area contributed by atoms with Gasteiger partial charge in [0.15, 0.2) is 0 Å². The van der Waals surface area contributed by atoms with Crippen molar-refractivity contribution in [1.82, 2.24) is 15.5 Å². The van der Waals surface area contributed by atoms with Crippen LogP contribution >= 0.6 is 11.8 Å². The maximum Gasteiger partial charge on any atom is 0.230 e. The molecule has 0 spiro atoms. The number of aromatic amines is 1. The van der Waals surface area contributed by atoms with Crippen LogP contribution in [0.2, 0.25) is 0 Å². The van der Waals surface area contributed by atoms with E-state index in [0.29, 0.717) is 5.75 Å². The fraction of sp³-hybridized carbons (Fsp3) is 0.333. The lowest BCUT2D eigenvalue weighted by atomic mass is 10.2. The fourth-order valence-electron chi connectivity index (χ4n) is 1.86. The molecule has 20 heavy (non-hydrogen) atoms. The molecule has 0 saturated carbocycles. The first-order valence-corrected chi connectivity index (χ1v) is 7.81. The Labute approximate surface area is 123 Å². The van der Waals surface area contributed by atoms with Crippen LogP contribution in [0.25, 0.3) is 0 Å². The average Bonchev–Trinajstić information content (AvgIpc) is 2.99. The van der Waals surface area contributed by atoms with Gasteiger partial charge >= 0.3 is 0 Å².